The van der Waals surface area contributed by atoms with Crippen molar-refractivity contribution in [2.45, 2.75) is 295 Å². The molecule has 1 aromatic heterocycles. The Morgan fingerprint density at radius 2 is 1.27 bits per heavy atom. The number of rotatable bonds is 2. The number of aryl methyl sites for hydroxylation is 1. The summed E-state index contributed by atoms with van der Waals surface area (Å²) in [6.45, 7) is 17.4. The molecule has 15 aliphatic rings. The van der Waals surface area contributed by atoms with E-state index in [4.69, 9.17) is 66.0 Å². The number of aliphatic hydroxyl groups is 4. The third-order valence-corrected chi connectivity index (χ3v) is 21.2. The predicted octanol–water partition coefficient (Wildman–Crippen LogP) is 5.52. The normalized spacial score (nSPS) is 53.5. The van der Waals surface area contributed by atoms with Crippen LogP contribution in [0, 0.1) is 23.7 Å². The van der Waals surface area contributed by atoms with Crippen LogP contribution < -0.4 is 0 Å². The molecule has 16 heterocycles. The number of carbonyl (C=O) groups excluding carboxylic acids is 1. The van der Waals surface area contributed by atoms with Crippen LogP contribution in [-0.4, -0.2) is 185 Å². The zero-order valence-electron chi connectivity index (χ0n) is 46.9. The van der Waals surface area contributed by atoms with Gasteiger partial charge in [0.2, 0.25) is 0 Å². The number of carbonyl (C=O) groups is 1. The van der Waals surface area contributed by atoms with E-state index >= 15 is 0 Å². The summed E-state index contributed by atoms with van der Waals surface area (Å²) in [7, 11) is 0. The van der Waals surface area contributed by atoms with Crippen molar-refractivity contribution in [3.8, 4) is 0 Å². The summed E-state index contributed by atoms with van der Waals surface area (Å²) in [5.74, 6) is -0.835. The lowest BCUT2D eigenvalue weighted by molar-refractivity contribution is -0.369. The zero-order chi connectivity index (χ0) is 55.1. The monoisotopic (exact) mass is 1120 g/mol. The van der Waals surface area contributed by atoms with E-state index in [0.717, 1.165) is 49.0 Å². The maximum atomic E-state index is 14.4. The molecule has 444 valence electrons. The highest BCUT2D eigenvalue weighted by atomic mass is 16.8. The Kier molecular flexibility index (Phi) is 14.9. The van der Waals surface area contributed by atoms with Crippen molar-refractivity contribution in [2.24, 2.45) is 23.7 Å². The molecule has 12 saturated heterocycles. The molecule has 0 saturated carbocycles. The Balaban J connectivity index is 0.676. The van der Waals surface area contributed by atoms with Crippen LogP contribution in [0.5, 0.6) is 0 Å². The maximum absolute atomic E-state index is 14.4. The highest BCUT2D eigenvalue weighted by molar-refractivity contribution is 5.70. The second kappa shape index (κ2) is 21.5. The average Bonchev–Trinajstić information content (AvgIpc) is 4.37. The number of hydrogen-bond acceptors (Lipinski definition) is 19. The van der Waals surface area contributed by atoms with Crippen LogP contribution in [0.4, 0.5) is 0 Å². The zero-order valence-corrected chi connectivity index (χ0v) is 46.9. The van der Waals surface area contributed by atoms with Crippen molar-refractivity contribution in [3.63, 3.8) is 0 Å². The number of aliphatic hydroxyl groups excluding tert-OH is 4. The molecule has 0 aliphatic carbocycles. The quantitative estimate of drug-likeness (QED) is 0.211. The summed E-state index contributed by atoms with van der Waals surface area (Å²) < 4.78 is 94.6. The topological polar surface area (TPSA) is 231 Å². The van der Waals surface area contributed by atoms with E-state index in [1.807, 2.05) is 12.1 Å². The summed E-state index contributed by atoms with van der Waals surface area (Å²) in [5.41, 5.74) is 2.08. The molecule has 0 radical (unpaired) electrons. The first-order valence-corrected chi connectivity index (χ1v) is 30.7. The molecule has 1 aromatic rings. The standard InChI is InChI=1S/C61H86O19/c1-27-15-35-10-12-38-28(2)16-34(68-38)8-7-33-9-13-39(67-33)59-53(66)52(65)58-40(73-59)14-11-36(70-58)17-51(64)76-57-32(6)56-47(72-46(57)18-41(69-35)31(27)5)21-45-49(75-56)24-61(77-45)25-50-55(80-61)30(4)23-60(79-50)22-29(3)54-48(78-60)20-43-44(74-54)19-42(71-43)37(63)26-62/h9,13,27,29-30,32,34-38,40-50,52-59,62-63,65-66H,2,5,7-8,10-12,14-26H2,1,3-4,6H3/t27-,29+,30+,32+,34+,35+,36-,37?,38+,40+,41-,42?,43-,44-,45-,46+,47+,48+,49-,50+,52-,53+,54+,55+,56+,57-,58+,59+,60-,61+/m1/s1. The van der Waals surface area contributed by atoms with Gasteiger partial charge in [0.15, 0.2) is 11.6 Å². The van der Waals surface area contributed by atoms with Crippen molar-refractivity contribution < 1.29 is 91.2 Å². The Labute approximate surface area is 468 Å². The van der Waals surface area contributed by atoms with Gasteiger partial charge in [0.25, 0.3) is 0 Å². The van der Waals surface area contributed by atoms with Gasteiger partial charge in [-0.3, -0.25) is 4.79 Å². The maximum Gasteiger partial charge on any atom is 0.308 e. The molecule has 0 amide bonds. The van der Waals surface area contributed by atoms with Gasteiger partial charge in [-0.05, 0) is 86.0 Å². The third-order valence-electron chi connectivity index (χ3n) is 21.2. The van der Waals surface area contributed by atoms with Crippen molar-refractivity contribution in [1.29, 1.82) is 0 Å². The van der Waals surface area contributed by atoms with Gasteiger partial charge in [-0.2, -0.15) is 0 Å². The van der Waals surface area contributed by atoms with Gasteiger partial charge in [0, 0.05) is 63.7 Å². The molecule has 12 fully saturated rings. The van der Waals surface area contributed by atoms with Crippen molar-refractivity contribution in [3.05, 3.63) is 48.0 Å². The van der Waals surface area contributed by atoms with E-state index in [9.17, 15) is 25.2 Å². The molecule has 16 rings (SSSR count). The molecule has 30 atom stereocenters. The molecule has 10 bridgehead atoms. The molecule has 2 unspecified atom stereocenters. The minimum absolute atomic E-state index is 0.000959. The van der Waals surface area contributed by atoms with Crippen LogP contribution in [0.25, 0.3) is 0 Å². The molecular formula is C61H86O19. The van der Waals surface area contributed by atoms with Gasteiger partial charge in [-0.15, -0.1) is 0 Å². The molecule has 0 aromatic carbocycles. The largest absolute Gasteiger partial charge is 0.463 e. The van der Waals surface area contributed by atoms with Gasteiger partial charge in [-0.25, -0.2) is 0 Å². The van der Waals surface area contributed by atoms with Crippen molar-refractivity contribution >= 4 is 5.97 Å². The molecular weight excluding hydrogens is 1040 g/mol. The first kappa shape index (κ1) is 55.5. The highest BCUT2D eigenvalue weighted by Crippen LogP contribution is 2.56. The van der Waals surface area contributed by atoms with Gasteiger partial charge in [0.1, 0.15) is 48.1 Å². The van der Waals surface area contributed by atoms with Crippen molar-refractivity contribution in [1.82, 2.24) is 0 Å². The Morgan fingerprint density at radius 3 is 2.11 bits per heavy atom. The number of fused-ring (bicyclic) bond motifs is 7. The van der Waals surface area contributed by atoms with E-state index in [2.05, 4.69) is 40.9 Å². The first-order valence-electron chi connectivity index (χ1n) is 30.7. The summed E-state index contributed by atoms with van der Waals surface area (Å²) in [6.07, 6.45) is -1.14. The molecule has 19 heteroatoms. The van der Waals surface area contributed by atoms with E-state index in [1.54, 1.807) is 0 Å². The predicted molar refractivity (Wildman–Crippen MR) is 279 cm³/mol. The fourth-order valence-electron chi connectivity index (χ4n) is 17.2. The fourth-order valence-corrected chi connectivity index (χ4v) is 17.2. The molecule has 4 N–H and O–H groups in total. The Hall–Kier alpha value is -2.41. The smallest absolute Gasteiger partial charge is 0.308 e. The SMILES string of the molecule is C=C1C[C@@H]2CCc3ccc(o3)[C@@H]3O[C@H]4CC[C@H](CC(=O)O[C@@H]5[C@@H](C)[C@@H]6O[C@@H]7C[C@]8(C[C@@H]9O[C@]%10(C[C@H](C)[C@@H]%11O[C@@H]%12CC(C(O)CO)O[C@@H]%12C[C@@H]%11O%10)C[C@H](C)[C@@H]9O8)O[C@@H]7C[C@@H]6O[C@H]5C[C@H]5O[C@@H](CC[C@@H]1O2)C[C@@H](C)C5=C)O[C@@H]4[C@H](O)[C@@H]3O. The number of esters is 1. The van der Waals surface area contributed by atoms with Crippen LogP contribution in [0.1, 0.15) is 148 Å². The van der Waals surface area contributed by atoms with Crippen LogP contribution in [0.3, 0.4) is 0 Å². The van der Waals surface area contributed by atoms with Crippen LogP contribution in [0.15, 0.2) is 40.9 Å². The van der Waals surface area contributed by atoms with Gasteiger partial charge < -0.3 is 86.4 Å². The third kappa shape index (κ3) is 10.1. The summed E-state index contributed by atoms with van der Waals surface area (Å²) in [4.78, 5) is 14.4. The minimum atomic E-state index is -1.31. The summed E-state index contributed by atoms with van der Waals surface area (Å²) in [5, 5.41) is 43.0. The van der Waals surface area contributed by atoms with Gasteiger partial charge in [-0.1, -0.05) is 40.9 Å². The fraction of sp³-hybridized carbons (Fsp3) is 0.852. The number of furan rings is 1. The number of ether oxygens (including phenoxy) is 13. The highest BCUT2D eigenvalue weighted by Gasteiger charge is 2.66. The lowest BCUT2D eigenvalue weighted by Gasteiger charge is -2.54. The van der Waals surface area contributed by atoms with E-state index < -0.39 is 84.7 Å². The molecule has 19 nitrogen and oxygen atoms in total. The average molecular weight is 1120 g/mol. The van der Waals surface area contributed by atoms with Gasteiger partial charge in [0.05, 0.1) is 123 Å². The Bertz CT molecular complexity index is 2450. The van der Waals surface area contributed by atoms with E-state index in [-0.39, 0.29) is 116 Å². The first-order chi connectivity index (χ1) is 38.5. The Morgan fingerprint density at radius 1 is 0.575 bits per heavy atom. The summed E-state index contributed by atoms with van der Waals surface area (Å²) >= 11 is 0. The number of hydrogen-bond donors (Lipinski definition) is 4. The second-order valence-corrected chi connectivity index (χ2v) is 26.9. The van der Waals surface area contributed by atoms with Crippen molar-refractivity contribution in [2.75, 3.05) is 6.61 Å². The van der Waals surface area contributed by atoms with E-state index in [0.29, 0.717) is 76.4 Å². The lowest BCUT2D eigenvalue weighted by atomic mass is 9.78. The second-order valence-electron chi connectivity index (χ2n) is 26.9. The minimum Gasteiger partial charge on any atom is -0.463 e. The van der Waals surface area contributed by atoms with Crippen LogP contribution in [-0.2, 0) is 72.8 Å². The molecule has 80 heavy (non-hydrogen) atoms. The van der Waals surface area contributed by atoms with Crippen LogP contribution in [0.2, 0.25) is 0 Å². The van der Waals surface area contributed by atoms with Crippen LogP contribution >= 0.6 is 0 Å². The lowest BCUT2D eigenvalue weighted by Crippen LogP contribution is -2.62. The summed E-state index contributed by atoms with van der Waals surface area (Å²) in [6, 6.07) is 3.71. The van der Waals surface area contributed by atoms with E-state index in [1.165, 1.54) is 0 Å². The molecule has 15 aliphatic heterocycles. The van der Waals surface area contributed by atoms with Gasteiger partial charge >= 0.3 is 5.97 Å². The molecule has 2 spiro atoms.